The second kappa shape index (κ2) is 8.07. The summed E-state index contributed by atoms with van der Waals surface area (Å²) in [5.41, 5.74) is 1.09. The molecule has 0 aliphatic carbocycles. The Morgan fingerprint density at radius 2 is 2.04 bits per heavy atom. The summed E-state index contributed by atoms with van der Waals surface area (Å²) in [6.45, 7) is 5.77. The lowest BCUT2D eigenvalue weighted by atomic mass is 9.82. The first-order chi connectivity index (χ1) is 11.8. The van der Waals surface area contributed by atoms with Crippen molar-refractivity contribution in [3.05, 3.63) is 23.9 Å². The van der Waals surface area contributed by atoms with E-state index in [0.29, 0.717) is 36.5 Å². The second-order valence-corrected chi connectivity index (χ2v) is 6.90. The highest BCUT2D eigenvalue weighted by Crippen LogP contribution is 2.47. The molecule has 1 aromatic heterocycles. The molecule has 3 aliphatic heterocycles. The molecule has 138 valence electrons. The number of guanidine groups is 1. The van der Waals surface area contributed by atoms with E-state index in [0.717, 1.165) is 31.2 Å². The van der Waals surface area contributed by atoms with E-state index in [-0.39, 0.29) is 24.0 Å². The standard InChI is InChI=1S/C18H26N4O2.HI/c1-3-19-18(21-9-12-4-7-17(23-2)20-8-12)22-10-13-14(11-22)16-6-5-15(13)24-16;/h4,7-8,13-16H,3,5-6,9-11H2,1-2H3,(H,19,21);1H. The third-order valence-electron chi connectivity index (χ3n) is 5.51. The Hall–Kier alpha value is -1.09. The largest absolute Gasteiger partial charge is 0.481 e. The summed E-state index contributed by atoms with van der Waals surface area (Å²) in [6.07, 6.45) is 5.28. The van der Waals surface area contributed by atoms with Crippen molar-refractivity contribution in [3.63, 3.8) is 0 Å². The molecular weight excluding hydrogens is 431 g/mol. The van der Waals surface area contributed by atoms with E-state index in [2.05, 4.69) is 22.1 Å². The number of hydrogen-bond acceptors (Lipinski definition) is 4. The molecular formula is C18H27IN4O2. The monoisotopic (exact) mass is 458 g/mol. The molecule has 4 atom stereocenters. The van der Waals surface area contributed by atoms with E-state index >= 15 is 0 Å². The molecule has 1 N–H and O–H groups in total. The zero-order chi connectivity index (χ0) is 16.5. The number of nitrogens with one attached hydrogen (secondary N) is 1. The highest BCUT2D eigenvalue weighted by Gasteiger charge is 2.53. The van der Waals surface area contributed by atoms with Crippen molar-refractivity contribution >= 4 is 29.9 Å². The molecule has 2 bridgehead atoms. The van der Waals surface area contributed by atoms with Gasteiger partial charge in [-0.1, -0.05) is 6.07 Å². The minimum atomic E-state index is 0. The molecule has 4 heterocycles. The number of nitrogens with zero attached hydrogens (tertiary/aromatic N) is 3. The lowest BCUT2D eigenvalue weighted by Gasteiger charge is -2.23. The Morgan fingerprint density at radius 3 is 2.60 bits per heavy atom. The van der Waals surface area contributed by atoms with Crippen LogP contribution in [-0.2, 0) is 11.3 Å². The molecule has 25 heavy (non-hydrogen) atoms. The van der Waals surface area contributed by atoms with Gasteiger partial charge in [-0.15, -0.1) is 24.0 Å². The Bertz CT molecular complexity index is 592. The Labute approximate surface area is 166 Å². The van der Waals surface area contributed by atoms with Gasteiger partial charge < -0.3 is 19.7 Å². The summed E-state index contributed by atoms with van der Waals surface area (Å²) in [5, 5.41) is 3.45. The maximum atomic E-state index is 6.07. The SMILES string of the molecule is CCNC(=NCc1ccc(OC)nc1)N1CC2C3CCC(O3)C2C1.I. The first-order valence-corrected chi connectivity index (χ1v) is 8.96. The van der Waals surface area contributed by atoms with Crippen molar-refractivity contribution in [2.75, 3.05) is 26.7 Å². The van der Waals surface area contributed by atoms with Gasteiger partial charge in [-0.25, -0.2) is 9.98 Å². The second-order valence-electron chi connectivity index (χ2n) is 6.90. The van der Waals surface area contributed by atoms with Crippen molar-refractivity contribution in [1.82, 2.24) is 15.2 Å². The van der Waals surface area contributed by atoms with Crippen LogP contribution in [0.5, 0.6) is 5.88 Å². The number of aromatic nitrogens is 1. The fraction of sp³-hybridized carbons (Fsp3) is 0.667. The van der Waals surface area contributed by atoms with Gasteiger partial charge in [0.15, 0.2) is 5.96 Å². The number of hydrogen-bond donors (Lipinski definition) is 1. The quantitative estimate of drug-likeness (QED) is 0.427. The lowest BCUT2D eigenvalue weighted by Crippen LogP contribution is -2.41. The topological polar surface area (TPSA) is 59.0 Å². The van der Waals surface area contributed by atoms with Crippen LogP contribution in [0.4, 0.5) is 0 Å². The van der Waals surface area contributed by atoms with Gasteiger partial charge in [0.05, 0.1) is 25.9 Å². The molecule has 0 amide bonds. The maximum absolute atomic E-state index is 6.07. The molecule has 4 unspecified atom stereocenters. The normalized spacial score (nSPS) is 30.2. The highest BCUT2D eigenvalue weighted by atomic mass is 127. The van der Waals surface area contributed by atoms with Gasteiger partial charge in [0.2, 0.25) is 5.88 Å². The fourth-order valence-corrected chi connectivity index (χ4v) is 4.35. The van der Waals surface area contributed by atoms with E-state index < -0.39 is 0 Å². The number of pyridine rings is 1. The summed E-state index contributed by atoms with van der Waals surface area (Å²) >= 11 is 0. The number of fused-ring (bicyclic) bond motifs is 5. The average Bonchev–Trinajstić information content (AvgIpc) is 3.31. The summed E-state index contributed by atoms with van der Waals surface area (Å²) in [6, 6.07) is 3.90. The Kier molecular flexibility index (Phi) is 6.04. The Balaban J connectivity index is 0.00000182. The van der Waals surface area contributed by atoms with Crippen LogP contribution in [-0.4, -0.2) is 54.8 Å². The van der Waals surface area contributed by atoms with Gasteiger partial charge in [-0.05, 0) is 25.3 Å². The first-order valence-electron chi connectivity index (χ1n) is 8.96. The molecule has 3 saturated heterocycles. The van der Waals surface area contributed by atoms with Crippen LogP contribution in [0, 0.1) is 11.8 Å². The van der Waals surface area contributed by atoms with E-state index in [9.17, 15) is 0 Å². The van der Waals surface area contributed by atoms with Crippen LogP contribution in [0.25, 0.3) is 0 Å². The molecule has 0 radical (unpaired) electrons. The minimum Gasteiger partial charge on any atom is -0.481 e. The van der Waals surface area contributed by atoms with Gasteiger partial charge in [-0.2, -0.15) is 0 Å². The summed E-state index contributed by atoms with van der Waals surface area (Å²) in [5.74, 6) is 3.03. The highest BCUT2D eigenvalue weighted by molar-refractivity contribution is 14.0. The molecule has 0 aromatic carbocycles. The molecule has 0 saturated carbocycles. The van der Waals surface area contributed by atoms with Gasteiger partial charge in [0, 0.05) is 43.7 Å². The summed E-state index contributed by atoms with van der Waals surface area (Å²) in [4.78, 5) is 11.5. The number of ether oxygens (including phenoxy) is 2. The number of methoxy groups -OCH3 is 1. The first kappa shape index (κ1) is 18.7. The van der Waals surface area contributed by atoms with Gasteiger partial charge >= 0.3 is 0 Å². The predicted octanol–water partition coefficient (Wildman–Crippen LogP) is 2.28. The molecule has 4 rings (SSSR count). The van der Waals surface area contributed by atoms with E-state index in [1.807, 2.05) is 18.3 Å². The van der Waals surface area contributed by atoms with Crippen molar-refractivity contribution < 1.29 is 9.47 Å². The minimum absolute atomic E-state index is 0. The van der Waals surface area contributed by atoms with Gasteiger partial charge in [-0.3, -0.25) is 0 Å². The van der Waals surface area contributed by atoms with Gasteiger partial charge in [0.1, 0.15) is 0 Å². The molecule has 7 heteroatoms. The number of rotatable bonds is 4. The van der Waals surface area contributed by atoms with Crippen LogP contribution < -0.4 is 10.1 Å². The van der Waals surface area contributed by atoms with Crippen molar-refractivity contribution in [3.8, 4) is 5.88 Å². The van der Waals surface area contributed by atoms with Crippen molar-refractivity contribution in [1.29, 1.82) is 0 Å². The Morgan fingerprint density at radius 1 is 1.32 bits per heavy atom. The fourth-order valence-electron chi connectivity index (χ4n) is 4.35. The molecule has 1 aromatic rings. The third kappa shape index (κ3) is 3.72. The van der Waals surface area contributed by atoms with Crippen molar-refractivity contribution in [2.45, 2.75) is 38.5 Å². The van der Waals surface area contributed by atoms with Crippen LogP contribution >= 0.6 is 24.0 Å². The van der Waals surface area contributed by atoms with E-state index in [1.165, 1.54) is 12.8 Å². The van der Waals surface area contributed by atoms with Gasteiger partial charge in [0.25, 0.3) is 0 Å². The van der Waals surface area contributed by atoms with Crippen LogP contribution in [0.2, 0.25) is 0 Å². The summed E-state index contributed by atoms with van der Waals surface area (Å²) < 4.78 is 11.2. The third-order valence-corrected chi connectivity index (χ3v) is 5.51. The molecule has 0 spiro atoms. The van der Waals surface area contributed by atoms with Crippen LogP contribution in [0.15, 0.2) is 23.3 Å². The number of halogens is 1. The average molecular weight is 458 g/mol. The zero-order valence-corrected chi connectivity index (χ0v) is 17.2. The van der Waals surface area contributed by atoms with E-state index in [4.69, 9.17) is 14.5 Å². The zero-order valence-electron chi connectivity index (χ0n) is 14.9. The van der Waals surface area contributed by atoms with Crippen LogP contribution in [0.3, 0.4) is 0 Å². The summed E-state index contributed by atoms with van der Waals surface area (Å²) in [7, 11) is 1.63. The van der Waals surface area contributed by atoms with Crippen molar-refractivity contribution in [2.24, 2.45) is 16.8 Å². The lowest BCUT2D eigenvalue weighted by molar-refractivity contribution is 0.0767. The molecule has 3 fully saturated rings. The van der Waals surface area contributed by atoms with E-state index in [1.54, 1.807) is 7.11 Å². The number of aliphatic imine (C=N–C) groups is 1. The predicted molar refractivity (Wildman–Crippen MR) is 107 cm³/mol. The maximum Gasteiger partial charge on any atom is 0.212 e. The van der Waals surface area contributed by atoms with Crippen LogP contribution in [0.1, 0.15) is 25.3 Å². The molecule has 3 aliphatic rings. The number of likely N-dealkylation sites (tertiary alicyclic amines) is 1. The molecule has 6 nitrogen and oxygen atoms in total. The smallest absolute Gasteiger partial charge is 0.212 e.